The predicted molar refractivity (Wildman–Crippen MR) is 120 cm³/mol. The van der Waals surface area contributed by atoms with E-state index >= 15 is 0 Å². The minimum atomic E-state index is -0.316. The van der Waals surface area contributed by atoms with Gasteiger partial charge in [-0.05, 0) is 42.7 Å². The smallest absolute Gasteiger partial charge is 0.253 e. The molecule has 2 amide bonds. The van der Waals surface area contributed by atoms with Gasteiger partial charge in [-0.1, -0.05) is 18.2 Å². The van der Waals surface area contributed by atoms with E-state index in [1.165, 1.54) is 0 Å². The van der Waals surface area contributed by atoms with Gasteiger partial charge in [0.2, 0.25) is 11.7 Å². The largest absolute Gasteiger partial charge is 0.493 e. The Labute approximate surface area is 188 Å². The summed E-state index contributed by atoms with van der Waals surface area (Å²) in [5.74, 6) is 1.18. The summed E-state index contributed by atoms with van der Waals surface area (Å²) in [6.07, 6.45) is 2.06. The van der Waals surface area contributed by atoms with Gasteiger partial charge in [0.25, 0.3) is 5.91 Å². The molecular weight excluding hydrogens is 408 g/mol. The van der Waals surface area contributed by atoms with Crippen molar-refractivity contribution in [3.05, 3.63) is 53.6 Å². The maximum Gasteiger partial charge on any atom is 0.253 e. The normalized spacial score (nSPS) is 20.3. The average Bonchev–Trinajstić information content (AvgIpc) is 3.53. The monoisotopic (exact) mass is 438 g/mol. The van der Waals surface area contributed by atoms with Crippen LogP contribution in [-0.2, 0) is 4.79 Å². The minimum absolute atomic E-state index is 0.0558. The van der Waals surface area contributed by atoms with Gasteiger partial charge in [-0.2, -0.15) is 0 Å². The van der Waals surface area contributed by atoms with Crippen LogP contribution in [0.25, 0.3) is 0 Å². The van der Waals surface area contributed by atoms with E-state index in [4.69, 9.17) is 14.2 Å². The quantitative estimate of drug-likeness (QED) is 0.693. The fourth-order valence-corrected chi connectivity index (χ4v) is 4.81. The highest BCUT2D eigenvalue weighted by Crippen LogP contribution is 2.44. The lowest BCUT2D eigenvalue weighted by Gasteiger charge is -2.25. The molecule has 0 aliphatic carbocycles. The highest BCUT2D eigenvalue weighted by Gasteiger charge is 2.43. The molecule has 0 radical (unpaired) electrons. The standard InChI is InChI=1S/C25H30N2O5/c1-30-21-13-18(14-22(31-2)23(21)32-3)19-15-27(24(28)17-9-5-4-6-10-17)16-20(19)25(29)26-11-7-8-12-26/h4-6,9-10,13-14,19-20H,7-8,11-12,15-16H2,1-3H3. The summed E-state index contributed by atoms with van der Waals surface area (Å²) in [4.78, 5) is 30.4. The Balaban J connectivity index is 1.70. The lowest BCUT2D eigenvalue weighted by molar-refractivity contribution is -0.134. The van der Waals surface area contributed by atoms with Crippen LogP contribution in [0.1, 0.15) is 34.7 Å². The second kappa shape index (κ2) is 9.51. The van der Waals surface area contributed by atoms with Gasteiger partial charge in [-0.3, -0.25) is 9.59 Å². The first-order valence-electron chi connectivity index (χ1n) is 11.0. The predicted octanol–water partition coefficient (Wildman–Crippen LogP) is 3.19. The van der Waals surface area contributed by atoms with Crippen LogP contribution in [0.3, 0.4) is 0 Å². The Kier molecular flexibility index (Phi) is 6.53. The van der Waals surface area contributed by atoms with Crippen molar-refractivity contribution in [2.45, 2.75) is 18.8 Å². The molecule has 170 valence electrons. The Bertz CT molecular complexity index is 947. The number of rotatable bonds is 6. The van der Waals surface area contributed by atoms with Crippen LogP contribution < -0.4 is 14.2 Å². The van der Waals surface area contributed by atoms with Crippen LogP contribution in [0.15, 0.2) is 42.5 Å². The number of nitrogens with zero attached hydrogens (tertiary/aromatic N) is 2. The van der Waals surface area contributed by atoms with Gasteiger partial charge < -0.3 is 24.0 Å². The van der Waals surface area contributed by atoms with Crippen molar-refractivity contribution in [3.63, 3.8) is 0 Å². The fourth-order valence-electron chi connectivity index (χ4n) is 4.81. The molecule has 32 heavy (non-hydrogen) atoms. The summed E-state index contributed by atoms with van der Waals surface area (Å²) in [6.45, 7) is 2.41. The van der Waals surface area contributed by atoms with Crippen molar-refractivity contribution >= 4 is 11.8 Å². The highest BCUT2D eigenvalue weighted by atomic mass is 16.5. The molecule has 2 unspecified atom stereocenters. The zero-order valence-corrected chi connectivity index (χ0v) is 18.9. The SMILES string of the molecule is COc1cc(C2CN(C(=O)c3ccccc3)CC2C(=O)N2CCCC2)cc(OC)c1OC. The number of benzene rings is 2. The molecule has 0 aromatic heterocycles. The van der Waals surface area contributed by atoms with Crippen LogP contribution in [0.5, 0.6) is 17.2 Å². The number of hydrogen-bond donors (Lipinski definition) is 0. The number of hydrogen-bond acceptors (Lipinski definition) is 5. The van der Waals surface area contributed by atoms with Gasteiger partial charge in [-0.25, -0.2) is 0 Å². The average molecular weight is 439 g/mol. The first kappa shape index (κ1) is 22.0. The van der Waals surface area contributed by atoms with Crippen molar-refractivity contribution in [2.75, 3.05) is 47.5 Å². The summed E-state index contributed by atoms with van der Waals surface area (Å²) in [7, 11) is 4.72. The van der Waals surface area contributed by atoms with E-state index in [2.05, 4.69) is 0 Å². The molecule has 2 aromatic rings. The fraction of sp³-hybridized carbons (Fsp3) is 0.440. The van der Waals surface area contributed by atoms with Crippen molar-refractivity contribution in [1.29, 1.82) is 0 Å². The van der Waals surface area contributed by atoms with Crippen molar-refractivity contribution in [2.24, 2.45) is 5.92 Å². The molecule has 2 aliphatic heterocycles. The van der Waals surface area contributed by atoms with E-state index in [-0.39, 0.29) is 23.7 Å². The maximum absolute atomic E-state index is 13.5. The first-order chi connectivity index (χ1) is 15.6. The molecule has 2 saturated heterocycles. The zero-order chi connectivity index (χ0) is 22.7. The number of carbonyl (C=O) groups excluding carboxylic acids is 2. The maximum atomic E-state index is 13.5. The molecule has 2 atom stereocenters. The van der Waals surface area contributed by atoms with E-state index in [1.54, 1.807) is 26.2 Å². The van der Waals surface area contributed by atoms with Gasteiger partial charge in [0.1, 0.15) is 0 Å². The Morgan fingerprint density at radius 1 is 0.844 bits per heavy atom. The zero-order valence-electron chi connectivity index (χ0n) is 18.9. The lowest BCUT2D eigenvalue weighted by Crippen LogP contribution is -2.37. The third-order valence-electron chi connectivity index (χ3n) is 6.48. The summed E-state index contributed by atoms with van der Waals surface area (Å²) in [5, 5.41) is 0. The lowest BCUT2D eigenvalue weighted by atomic mass is 9.87. The van der Waals surface area contributed by atoms with Gasteiger partial charge in [0, 0.05) is 37.7 Å². The summed E-state index contributed by atoms with van der Waals surface area (Å²) in [6, 6.07) is 13.0. The molecule has 7 heteroatoms. The molecule has 0 spiro atoms. The third kappa shape index (κ3) is 4.11. The van der Waals surface area contributed by atoms with E-state index < -0.39 is 0 Å². The molecule has 7 nitrogen and oxygen atoms in total. The van der Waals surface area contributed by atoms with Crippen LogP contribution in [0, 0.1) is 5.92 Å². The first-order valence-corrected chi connectivity index (χ1v) is 11.0. The highest BCUT2D eigenvalue weighted by molar-refractivity contribution is 5.95. The summed E-state index contributed by atoms with van der Waals surface area (Å²) in [5.41, 5.74) is 1.53. The van der Waals surface area contributed by atoms with Gasteiger partial charge >= 0.3 is 0 Å². The number of likely N-dealkylation sites (tertiary alicyclic amines) is 2. The molecule has 4 rings (SSSR count). The van der Waals surface area contributed by atoms with Crippen LogP contribution in [-0.4, -0.2) is 69.1 Å². The Hall–Kier alpha value is -3.22. The Morgan fingerprint density at radius 3 is 2.03 bits per heavy atom. The number of ether oxygens (including phenoxy) is 3. The topological polar surface area (TPSA) is 68.3 Å². The number of methoxy groups -OCH3 is 3. The van der Waals surface area contributed by atoms with E-state index in [0.717, 1.165) is 31.5 Å². The van der Waals surface area contributed by atoms with E-state index in [1.807, 2.05) is 47.4 Å². The van der Waals surface area contributed by atoms with Gasteiger partial charge in [-0.15, -0.1) is 0 Å². The van der Waals surface area contributed by atoms with Crippen LogP contribution >= 0.6 is 0 Å². The second-order valence-corrected chi connectivity index (χ2v) is 8.28. The molecule has 0 N–H and O–H groups in total. The Morgan fingerprint density at radius 2 is 1.47 bits per heavy atom. The molecule has 0 bridgehead atoms. The molecule has 2 heterocycles. The summed E-state index contributed by atoms with van der Waals surface area (Å²) < 4.78 is 16.5. The minimum Gasteiger partial charge on any atom is -0.493 e. The molecule has 0 saturated carbocycles. The van der Waals surface area contributed by atoms with Crippen LogP contribution in [0.4, 0.5) is 0 Å². The summed E-state index contributed by atoms with van der Waals surface area (Å²) >= 11 is 0. The van der Waals surface area contributed by atoms with Crippen molar-refractivity contribution in [1.82, 2.24) is 9.80 Å². The molecule has 2 aromatic carbocycles. The van der Waals surface area contributed by atoms with Gasteiger partial charge in [0.05, 0.1) is 27.2 Å². The molecule has 2 fully saturated rings. The van der Waals surface area contributed by atoms with Crippen LogP contribution in [0.2, 0.25) is 0 Å². The second-order valence-electron chi connectivity index (χ2n) is 8.28. The van der Waals surface area contributed by atoms with E-state index in [0.29, 0.717) is 35.9 Å². The number of carbonyl (C=O) groups is 2. The molecule has 2 aliphatic rings. The van der Waals surface area contributed by atoms with Crippen molar-refractivity contribution < 1.29 is 23.8 Å². The number of amides is 2. The van der Waals surface area contributed by atoms with Crippen molar-refractivity contribution in [3.8, 4) is 17.2 Å². The van der Waals surface area contributed by atoms with Gasteiger partial charge in [0.15, 0.2) is 11.5 Å². The third-order valence-corrected chi connectivity index (χ3v) is 6.48. The van der Waals surface area contributed by atoms with E-state index in [9.17, 15) is 9.59 Å². The molecular formula is C25H30N2O5.